The molecule has 5 nitrogen and oxygen atoms in total. The van der Waals surface area contributed by atoms with Gasteiger partial charge in [0.05, 0.1) is 19.3 Å². The highest BCUT2D eigenvalue weighted by atomic mass is 16.5. The molecule has 1 aromatic heterocycles. The molecular formula is C12H20N4O. The Morgan fingerprint density at radius 1 is 1.29 bits per heavy atom. The minimum Gasteiger partial charge on any atom is -0.377 e. The zero-order valence-electron chi connectivity index (χ0n) is 10.1. The van der Waals surface area contributed by atoms with E-state index in [1.165, 1.54) is 0 Å². The van der Waals surface area contributed by atoms with Gasteiger partial charge >= 0.3 is 0 Å². The number of ether oxygens (including phenoxy) is 1. The van der Waals surface area contributed by atoms with Crippen molar-refractivity contribution in [3.63, 3.8) is 0 Å². The van der Waals surface area contributed by atoms with Crippen molar-refractivity contribution in [2.24, 2.45) is 5.73 Å². The van der Waals surface area contributed by atoms with Crippen LogP contribution in [0.3, 0.4) is 0 Å². The van der Waals surface area contributed by atoms with E-state index >= 15 is 0 Å². The fourth-order valence-electron chi connectivity index (χ4n) is 2.08. The first-order chi connectivity index (χ1) is 8.38. The Morgan fingerprint density at radius 3 is 2.65 bits per heavy atom. The van der Waals surface area contributed by atoms with Crippen LogP contribution in [0, 0.1) is 0 Å². The molecule has 0 radical (unpaired) electrons. The average Bonchev–Trinajstić information content (AvgIpc) is 2.39. The molecule has 1 aliphatic heterocycles. The maximum atomic E-state index is 5.65. The molecule has 0 aromatic carbocycles. The van der Waals surface area contributed by atoms with Crippen molar-refractivity contribution in [2.75, 3.05) is 26.2 Å². The van der Waals surface area contributed by atoms with Crippen LogP contribution < -0.4 is 5.73 Å². The Kier molecular flexibility index (Phi) is 4.85. The summed E-state index contributed by atoms with van der Waals surface area (Å²) >= 11 is 0. The quantitative estimate of drug-likeness (QED) is 0.802. The van der Waals surface area contributed by atoms with E-state index in [0.29, 0.717) is 19.3 Å². The topological polar surface area (TPSA) is 64.3 Å². The van der Waals surface area contributed by atoms with E-state index in [9.17, 15) is 0 Å². The van der Waals surface area contributed by atoms with Crippen LogP contribution >= 0.6 is 0 Å². The average molecular weight is 236 g/mol. The maximum Gasteiger partial charge on any atom is 0.142 e. The molecule has 0 amide bonds. The molecule has 94 valence electrons. The molecule has 0 spiro atoms. The molecule has 0 saturated carbocycles. The fraction of sp³-hybridized carbons (Fsp3) is 0.667. The maximum absolute atomic E-state index is 5.65. The molecule has 0 bridgehead atoms. The highest BCUT2D eigenvalue weighted by molar-refractivity contribution is 4.89. The number of rotatable bonds is 5. The summed E-state index contributed by atoms with van der Waals surface area (Å²) in [6.07, 6.45) is 6.12. The minimum atomic E-state index is 0.381. The van der Waals surface area contributed by atoms with E-state index in [0.717, 1.165) is 38.3 Å². The van der Waals surface area contributed by atoms with Gasteiger partial charge in [-0.15, -0.1) is 0 Å². The summed E-state index contributed by atoms with van der Waals surface area (Å²) in [7, 11) is 0. The highest BCUT2D eigenvalue weighted by Crippen LogP contribution is 2.14. The summed E-state index contributed by atoms with van der Waals surface area (Å²) in [6.45, 7) is 4.22. The summed E-state index contributed by atoms with van der Waals surface area (Å²) in [4.78, 5) is 10.9. The van der Waals surface area contributed by atoms with Gasteiger partial charge in [0.1, 0.15) is 5.82 Å². The van der Waals surface area contributed by atoms with Gasteiger partial charge in [0.25, 0.3) is 0 Å². The zero-order chi connectivity index (χ0) is 11.9. The third-order valence-electron chi connectivity index (χ3n) is 2.99. The number of nitrogens with two attached hydrogens (primary N) is 1. The molecule has 1 aliphatic rings. The van der Waals surface area contributed by atoms with E-state index in [-0.39, 0.29) is 0 Å². The normalized spacial score (nSPS) is 18.4. The second-order valence-corrected chi connectivity index (χ2v) is 4.30. The van der Waals surface area contributed by atoms with Crippen molar-refractivity contribution < 1.29 is 4.74 Å². The summed E-state index contributed by atoms with van der Waals surface area (Å²) in [6, 6.07) is 1.84. The van der Waals surface area contributed by atoms with Gasteiger partial charge < -0.3 is 10.5 Å². The lowest BCUT2D eigenvalue weighted by molar-refractivity contribution is 0.00928. The smallest absolute Gasteiger partial charge is 0.142 e. The summed E-state index contributed by atoms with van der Waals surface area (Å²) in [5.41, 5.74) is 5.42. The number of aromatic nitrogens is 2. The molecule has 0 atom stereocenters. The van der Waals surface area contributed by atoms with Gasteiger partial charge in [0.2, 0.25) is 0 Å². The van der Waals surface area contributed by atoms with Crippen LogP contribution in [0.2, 0.25) is 0 Å². The van der Waals surface area contributed by atoms with Crippen LogP contribution in [0.5, 0.6) is 0 Å². The molecule has 1 aromatic rings. The van der Waals surface area contributed by atoms with Gasteiger partial charge in [0.15, 0.2) is 0 Å². The first-order valence-corrected chi connectivity index (χ1v) is 6.18. The Bertz CT molecular complexity index is 312. The standard InChI is InChI=1S/C12H20N4O/c13-4-9-17-11-2-7-16(8-3-11)10-12-14-5-1-6-15-12/h1,5-6,11H,2-4,7-10,13H2. The minimum absolute atomic E-state index is 0.381. The van der Waals surface area contributed by atoms with Crippen LogP contribution in [-0.4, -0.2) is 47.2 Å². The lowest BCUT2D eigenvalue weighted by atomic mass is 10.1. The molecule has 1 fully saturated rings. The fourth-order valence-corrected chi connectivity index (χ4v) is 2.08. The Hall–Kier alpha value is -1.04. The van der Waals surface area contributed by atoms with E-state index in [1.807, 2.05) is 6.07 Å². The SMILES string of the molecule is NCCOC1CCN(Cc2ncccn2)CC1. The van der Waals surface area contributed by atoms with Crippen LogP contribution in [0.25, 0.3) is 0 Å². The Labute approximate surface area is 102 Å². The van der Waals surface area contributed by atoms with Crippen molar-refractivity contribution in [1.82, 2.24) is 14.9 Å². The number of hydrogen-bond acceptors (Lipinski definition) is 5. The van der Waals surface area contributed by atoms with Crippen LogP contribution in [-0.2, 0) is 11.3 Å². The lowest BCUT2D eigenvalue weighted by Crippen LogP contribution is -2.37. The third kappa shape index (κ3) is 4.03. The molecule has 2 N–H and O–H groups in total. The second-order valence-electron chi connectivity index (χ2n) is 4.30. The number of piperidine rings is 1. The largest absolute Gasteiger partial charge is 0.377 e. The molecule has 0 aliphatic carbocycles. The van der Waals surface area contributed by atoms with E-state index < -0.39 is 0 Å². The summed E-state index contributed by atoms with van der Waals surface area (Å²) in [5, 5.41) is 0. The molecule has 5 heteroatoms. The highest BCUT2D eigenvalue weighted by Gasteiger charge is 2.19. The summed E-state index contributed by atoms with van der Waals surface area (Å²) < 4.78 is 5.65. The van der Waals surface area contributed by atoms with Crippen LogP contribution in [0.1, 0.15) is 18.7 Å². The molecular weight excluding hydrogens is 216 g/mol. The molecule has 2 heterocycles. The van der Waals surface area contributed by atoms with E-state index in [1.54, 1.807) is 12.4 Å². The molecule has 17 heavy (non-hydrogen) atoms. The van der Waals surface area contributed by atoms with Gasteiger partial charge in [-0.25, -0.2) is 9.97 Å². The van der Waals surface area contributed by atoms with Crippen molar-refractivity contribution in [1.29, 1.82) is 0 Å². The van der Waals surface area contributed by atoms with Gasteiger partial charge in [-0.2, -0.15) is 0 Å². The van der Waals surface area contributed by atoms with Crippen LogP contribution in [0.15, 0.2) is 18.5 Å². The van der Waals surface area contributed by atoms with Crippen LogP contribution in [0.4, 0.5) is 0 Å². The first-order valence-electron chi connectivity index (χ1n) is 6.18. The van der Waals surface area contributed by atoms with Gasteiger partial charge in [-0.1, -0.05) is 0 Å². The van der Waals surface area contributed by atoms with E-state index in [2.05, 4.69) is 14.9 Å². The first kappa shape index (κ1) is 12.4. The van der Waals surface area contributed by atoms with Crippen molar-refractivity contribution in [2.45, 2.75) is 25.5 Å². The number of hydrogen-bond donors (Lipinski definition) is 1. The predicted octanol–water partition coefficient (Wildman–Crippen LogP) is 0.416. The van der Waals surface area contributed by atoms with Gasteiger partial charge in [-0.3, -0.25) is 4.90 Å². The molecule has 0 unspecified atom stereocenters. The van der Waals surface area contributed by atoms with Crippen molar-refractivity contribution in [3.05, 3.63) is 24.3 Å². The molecule has 2 rings (SSSR count). The number of nitrogens with zero attached hydrogens (tertiary/aromatic N) is 3. The van der Waals surface area contributed by atoms with Crippen molar-refractivity contribution in [3.8, 4) is 0 Å². The predicted molar refractivity (Wildman–Crippen MR) is 65.3 cm³/mol. The second kappa shape index (κ2) is 6.64. The lowest BCUT2D eigenvalue weighted by Gasteiger charge is -2.31. The summed E-state index contributed by atoms with van der Waals surface area (Å²) in [5.74, 6) is 0.897. The van der Waals surface area contributed by atoms with E-state index in [4.69, 9.17) is 10.5 Å². The molecule has 1 saturated heterocycles. The number of likely N-dealkylation sites (tertiary alicyclic amines) is 1. The monoisotopic (exact) mass is 236 g/mol. The zero-order valence-corrected chi connectivity index (χ0v) is 10.1. The third-order valence-corrected chi connectivity index (χ3v) is 2.99. The Balaban J connectivity index is 1.72. The van der Waals surface area contributed by atoms with Crippen molar-refractivity contribution >= 4 is 0 Å². The van der Waals surface area contributed by atoms with Gasteiger partial charge in [0, 0.05) is 32.0 Å². The Morgan fingerprint density at radius 2 is 2.00 bits per heavy atom. The van der Waals surface area contributed by atoms with Gasteiger partial charge in [-0.05, 0) is 18.9 Å².